The summed E-state index contributed by atoms with van der Waals surface area (Å²) >= 11 is 0. The van der Waals surface area contributed by atoms with Gasteiger partial charge in [0, 0.05) is 0 Å². The number of fused-ring (bicyclic) bond motifs is 2. The number of sulfone groups is 1. The zero-order valence-corrected chi connectivity index (χ0v) is 11.4. The Labute approximate surface area is 116 Å². The zero-order chi connectivity index (χ0) is 14.3. The van der Waals surface area contributed by atoms with Crippen LogP contribution in [0.4, 0.5) is 0 Å². The number of aryl methyl sites for hydroxylation is 2. The largest absolute Gasteiger partial charge is 0.478 e. The summed E-state index contributed by atoms with van der Waals surface area (Å²) in [7, 11) is -3.66. The van der Waals surface area contributed by atoms with Gasteiger partial charge < -0.3 is 5.11 Å². The van der Waals surface area contributed by atoms with E-state index < -0.39 is 15.8 Å². The average Bonchev–Trinajstić information content (AvgIpc) is 2.55. The highest BCUT2D eigenvalue weighted by molar-refractivity contribution is 7.91. The van der Waals surface area contributed by atoms with E-state index in [0.29, 0.717) is 18.4 Å². The van der Waals surface area contributed by atoms with Crippen LogP contribution in [-0.4, -0.2) is 19.5 Å². The van der Waals surface area contributed by atoms with Crippen LogP contribution < -0.4 is 0 Å². The summed E-state index contributed by atoms with van der Waals surface area (Å²) in [5, 5.41) is 9.03. The molecule has 2 aromatic carbocycles. The number of hydrogen-bond acceptors (Lipinski definition) is 3. The van der Waals surface area contributed by atoms with E-state index in [4.69, 9.17) is 5.11 Å². The van der Waals surface area contributed by atoms with Gasteiger partial charge in [0.05, 0.1) is 15.4 Å². The van der Waals surface area contributed by atoms with Crippen molar-refractivity contribution in [2.75, 3.05) is 0 Å². The third-order valence-electron chi connectivity index (χ3n) is 3.53. The maximum Gasteiger partial charge on any atom is 0.335 e. The molecule has 102 valence electrons. The number of rotatable bonds is 1. The second kappa shape index (κ2) is 4.45. The highest BCUT2D eigenvalue weighted by Gasteiger charge is 2.27. The first-order chi connectivity index (χ1) is 9.50. The number of carboxylic acid groups (broad SMARTS) is 1. The molecule has 0 spiro atoms. The van der Waals surface area contributed by atoms with Crippen LogP contribution in [0, 0.1) is 0 Å². The Balaban J connectivity index is 2.30. The third-order valence-corrected chi connectivity index (χ3v) is 5.47. The van der Waals surface area contributed by atoms with Gasteiger partial charge in [0.25, 0.3) is 0 Å². The Kier molecular flexibility index (Phi) is 2.87. The molecule has 1 aliphatic rings. The van der Waals surface area contributed by atoms with Crippen LogP contribution in [0.15, 0.2) is 52.3 Å². The Morgan fingerprint density at radius 3 is 2.30 bits per heavy atom. The number of benzene rings is 2. The van der Waals surface area contributed by atoms with Crippen molar-refractivity contribution >= 4 is 15.8 Å². The standard InChI is InChI=1S/C15H12O4S/c16-15(17)12-8-7-11-6-5-10-3-1-2-4-13(10)20(18,19)14(11)9-12/h1-4,7-9H,5-6H2,(H,16,17). The molecule has 0 aromatic heterocycles. The second-order valence-electron chi connectivity index (χ2n) is 4.74. The van der Waals surface area contributed by atoms with Crippen molar-refractivity contribution < 1.29 is 18.3 Å². The molecular formula is C15H12O4S. The van der Waals surface area contributed by atoms with Gasteiger partial charge in [-0.2, -0.15) is 0 Å². The van der Waals surface area contributed by atoms with Crippen LogP contribution >= 0.6 is 0 Å². The molecule has 0 radical (unpaired) electrons. The van der Waals surface area contributed by atoms with E-state index >= 15 is 0 Å². The maximum atomic E-state index is 12.7. The Bertz CT molecular complexity index is 806. The van der Waals surface area contributed by atoms with Crippen molar-refractivity contribution in [2.45, 2.75) is 22.6 Å². The van der Waals surface area contributed by atoms with E-state index in [1.165, 1.54) is 12.1 Å². The highest BCUT2D eigenvalue weighted by atomic mass is 32.2. The van der Waals surface area contributed by atoms with E-state index in [1.807, 2.05) is 6.07 Å². The van der Waals surface area contributed by atoms with Gasteiger partial charge in [-0.15, -0.1) is 0 Å². The van der Waals surface area contributed by atoms with Crippen LogP contribution in [0.1, 0.15) is 21.5 Å². The van der Waals surface area contributed by atoms with Crippen LogP contribution in [0.5, 0.6) is 0 Å². The van der Waals surface area contributed by atoms with Crippen molar-refractivity contribution in [3.63, 3.8) is 0 Å². The molecule has 4 nitrogen and oxygen atoms in total. The molecule has 5 heteroatoms. The lowest BCUT2D eigenvalue weighted by Gasteiger charge is -2.08. The zero-order valence-electron chi connectivity index (χ0n) is 10.5. The number of aromatic carboxylic acids is 1. The molecule has 0 unspecified atom stereocenters. The fourth-order valence-corrected chi connectivity index (χ4v) is 4.31. The molecule has 1 heterocycles. The lowest BCUT2D eigenvalue weighted by molar-refractivity contribution is 0.0696. The molecule has 3 rings (SSSR count). The van der Waals surface area contributed by atoms with Crippen molar-refractivity contribution in [3.05, 3.63) is 59.2 Å². The molecule has 20 heavy (non-hydrogen) atoms. The van der Waals surface area contributed by atoms with Gasteiger partial charge >= 0.3 is 5.97 Å². The van der Waals surface area contributed by atoms with Gasteiger partial charge in [0.2, 0.25) is 9.84 Å². The summed E-state index contributed by atoms with van der Waals surface area (Å²) < 4.78 is 25.4. The second-order valence-corrected chi connectivity index (χ2v) is 6.63. The minimum Gasteiger partial charge on any atom is -0.478 e. The van der Waals surface area contributed by atoms with Gasteiger partial charge in [-0.1, -0.05) is 24.3 Å². The van der Waals surface area contributed by atoms with Crippen molar-refractivity contribution in [1.29, 1.82) is 0 Å². The summed E-state index contributed by atoms with van der Waals surface area (Å²) in [6, 6.07) is 11.2. The molecule has 0 aliphatic carbocycles. The lowest BCUT2D eigenvalue weighted by atomic mass is 10.0. The van der Waals surface area contributed by atoms with Gasteiger partial charge in [0.1, 0.15) is 0 Å². The van der Waals surface area contributed by atoms with Gasteiger partial charge in [-0.05, 0) is 42.2 Å². The minimum absolute atomic E-state index is 0.00768. The molecule has 0 saturated carbocycles. The lowest BCUT2D eigenvalue weighted by Crippen LogP contribution is -2.07. The van der Waals surface area contributed by atoms with E-state index in [9.17, 15) is 13.2 Å². The van der Waals surface area contributed by atoms with Crippen LogP contribution in [0.2, 0.25) is 0 Å². The van der Waals surface area contributed by atoms with E-state index in [2.05, 4.69) is 0 Å². The maximum absolute atomic E-state index is 12.7. The smallest absolute Gasteiger partial charge is 0.335 e. The fourth-order valence-electron chi connectivity index (χ4n) is 2.50. The average molecular weight is 288 g/mol. The number of hydrogen-bond donors (Lipinski definition) is 1. The summed E-state index contributed by atoms with van der Waals surface area (Å²) in [4.78, 5) is 11.4. The Hall–Kier alpha value is -2.14. The number of carboxylic acids is 1. The summed E-state index contributed by atoms with van der Waals surface area (Å²) in [5.41, 5.74) is 1.44. The molecular weight excluding hydrogens is 276 g/mol. The van der Waals surface area contributed by atoms with Gasteiger partial charge in [-0.25, -0.2) is 13.2 Å². The van der Waals surface area contributed by atoms with Crippen LogP contribution in [0.3, 0.4) is 0 Å². The molecule has 2 aromatic rings. The summed E-state index contributed by atoms with van der Waals surface area (Å²) in [6.45, 7) is 0. The summed E-state index contributed by atoms with van der Waals surface area (Å²) in [5.74, 6) is -1.12. The highest BCUT2D eigenvalue weighted by Crippen LogP contribution is 2.32. The first-order valence-electron chi connectivity index (χ1n) is 6.19. The molecule has 0 amide bonds. The van der Waals surface area contributed by atoms with E-state index in [-0.39, 0.29) is 15.4 Å². The fraction of sp³-hybridized carbons (Fsp3) is 0.133. The van der Waals surface area contributed by atoms with Crippen LogP contribution in [-0.2, 0) is 22.7 Å². The van der Waals surface area contributed by atoms with E-state index in [1.54, 1.807) is 24.3 Å². The Morgan fingerprint density at radius 2 is 1.60 bits per heavy atom. The topological polar surface area (TPSA) is 71.4 Å². The predicted octanol–water partition coefficient (Wildman–Crippen LogP) is 2.32. The molecule has 0 fully saturated rings. The molecule has 0 bridgehead atoms. The van der Waals surface area contributed by atoms with Gasteiger partial charge in [-0.3, -0.25) is 0 Å². The van der Waals surface area contributed by atoms with Crippen LogP contribution in [0.25, 0.3) is 0 Å². The molecule has 0 atom stereocenters. The third kappa shape index (κ3) is 1.91. The minimum atomic E-state index is -3.66. The van der Waals surface area contributed by atoms with Crippen molar-refractivity contribution in [3.8, 4) is 0 Å². The van der Waals surface area contributed by atoms with E-state index in [0.717, 1.165) is 5.56 Å². The van der Waals surface area contributed by atoms with Gasteiger partial charge in [0.15, 0.2) is 0 Å². The normalized spacial score (nSPS) is 15.8. The molecule has 1 N–H and O–H groups in total. The first-order valence-corrected chi connectivity index (χ1v) is 7.67. The van der Waals surface area contributed by atoms with Crippen molar-refractivity contribution in [2.24, 2.45) is 0 Å². The Morgan fingerprint density at radius 1 is 0.950 bits per heavy atom. The molecule has 1 aliphatic heterocycles. The predicted molar refractivity (Wildman–Crippen MR) is 72.7 cm³/mol. The molecule has 0 saturated heterocycles. The first kappa shape index (κ1) is 12.9. The number of carbonyl (C=O) groups is 1. The quantitative estimate of drug-likeness (QED) is 0.874. The monoisotopic (exact) mass is 288 g/mol. The van der Waals surface area contributed by atoms with Crippen molar-refractivity contribution in [1.82, 2.24) is 0 Å². The summed E-state index contributed by atoms with van der Waals surface area (Å²) in [6.07, 6.45) is 1.22. The SMILES string of the molecule is O=C(O)c1ccc2c(c1)S(=O)(=O)c1ccccc1CC2.